The first kappa shape index (κ1) is 44.2. The van der Waals surface area contributed by atoms with Crippen molar-refractivity contribution in [2.45, 2.75) is 169 Å². The normalized spacial score (nSPS) is 40.1. The third-order valence-corrected chi connectivity index (χ3v) is 9.40. The number of nitrogens with one attached hydrogen (secondary N) is 1. The van der Waals surface area contributed by atoms with Crippen LogP contribution in [0.5, 0.6) is 0 Å². The molecule has 0 aliphatic carbocycles. The number of hydrogen-bond donors (Lipinski definition) is 12. The minimum atomic E-state index is -1.96. The lowest BCUT2D eigenvalue weighted by Crippen LogP contribution is -2.66. The summed E-state index contributed by atoms with van der Waals surface area (Å²) in [6, 6.07) is -0.870. The summed E-state index contributed by atoms with van der Waals surface area (Å²) in [4.78, 5) is 12.4. The zero-order valence-electron chi connectivity index (χ0n) is 29.1. The van der Waals surface area contributed by atoms with Crippen molar-refractivity contribution in [2.24, 2.45) is 0 Å². The highest BCUT2D eigenvalue weighted by atomic mass is 16.8. The monoisotopic (exact) mass is 745 g/mol. The van der Waals surface area contributed by atoms with Crippen LogP contribution in [0.1, 0.15) is 65.2 Å². The number of carbonyl (C=O) groups excluding carboxylic acids is 1. The Labute approximate surface area is 296 Å². The molecule has 3 saturated heterocycles. The molecule has 19 nitrogen and oxygen atoms in total. The number of aliphatic hydroxyl groups excluding tert-OH is 11. The number of unbranched alkanes of at least 4 members (excludes halogenated alkanes) is 4. The molecule has 0 spiro atoms. The van der Waals surface area contributed by atoms with Crippen molar-refractivity contribution >= 4 is 5.91 Å². The Morgan fingerprint density at radius 3 is 1.65 bits per heavy atom. The fraction of sp³-hybridized carbons (Fsp3) is 0.969. The highest BCUT2D eigenvalue weighted by Gasteiger charge is 2.53. The Hall–Kier alpha value is -1.21. The van der Waals surface area contributed by atoms with E-state index in [9.17, 15) is 61.0 Å². The molecule has 12 N–H and O–H groups in total. The fourth-order valence-corrected chi connectivity index (χ4v) is 6.29. The highest BCUT2D eigenvalue weighted by Crippen LogP contribution is 2.32. The van der Waals surface area contributed by atoms with Crippen molar-refractivity contribution in [1.82, 2.24) is 5.32 Å². The average molecular weight is 746 g/mol. The van der Waals surface area contributed by atoms with Gasteiger partial charge in [-0.1, -0.05) is 46.0 Å². The van der Waals surface area contributed by atoms with E-state index in [4.69, 9.17) is 28.4 Å². The maximum Gasteiger partial charge on any atom is 0.220 e. The van der Waals surface area contributed by atoms with Gasteiger partial charge in [-0.2, -0.15) is 0 Å². The molecule has 19 heteroatoms. The molecule has 0 aromatic rings. The lowest BCUT2D eigenvalue weighted by Gasteiger charge is -2.48. The van der Waals surface area contributed by atoms with E-state index in [2.05, 4.69) is 12.2 Å². The van der Waals surface area contributed by atoms with E-state index in [0.717, 1.165) is 32.1 Å². The largest absolute Gasteiger partial charge is 0.394 e. The number of amides is 1. The van der Waals surface area contributed by atoms with Gasteiger partial charge in [-0.3, -0.25) is 4.79 Å². The molecule has 51 heavy (non-hydrogen) atoms. The van der Waals surface area contributed by atoms with Gasteiger partial charge < -0.3 is 89.9 Å². The Morgan fingerprint density at radius 2 is 1.12 bits per heavy atom. The molecule has 300 valence electrons. The van der Waals surface area contributed by atoms with E-state index in [1.165, 1.54) is 0 Å². The number of rotatable bonds is 20. The van der Waals surface area contributed by atoms with Crippen LogP contribution in [0.25, 0.3) is 0 Å². The smallest absolute Gasteiger partial charge is 0.220 e. The molecule has 3 fully saturated rings. The summed E-state index contributed by atoms with van der Waals surface area (Å²) in [6.07, 6.45) is -20.5. The van der Waals surface area contributed by atoms with Gasteiger partial charge in [0.2, 0.25) is 5.91 Å². The second-order valence-corrected chi connectivity index (χ2v) is 13.3. The molecule has 3 aliphatic heterocycles. The Kier molecular flexibility index (Phi) is 18.7. The van der Waals surface area contributed by atoms with Gasteiger partial charge in [0, 0.05) is 6.42 Å². The van der Waals surface area contributed by atoms with Crippen LogP contribution in [0.4, 0.5) is 0 Å². The van der Waals surface area contributed by atoms with Gasteiger partial charge in [-0.15, -0.1) is 0 Å². The maximum atomic E-state index is 12.4. The van der Waals surface area contributed by atoms with E-state index >= 15 is 0 Å². The maximum absolute atomic E-state index is 12.4. The van der Waals surface area contributed by atoms with Gasteiger partial charge >= 0.3 is 0 Å². The summed E-state index contributed by atoms with van der Waals surface area (Å²) in [5.74, 6) is -0.307. The third-order valence-electron chi connectivity index (χ3n) is 9.40. The Bertz CT molecular complexity index is 994. The molecule has 3 rings (SSSR count). The SMILES string of the molecule is CCCCCCCC(O)C(COC1OC(CO)C(OC2OC(CO)C(OC3OC(CO)C(O)C(O)C3O)C(O)C2O)C(O)C1O)NC(=O)CCC. The first-order valence-corrected chi connectivity index (χ1v) is 17.8. The first-order chi connectivity index (χ1) is 24.3. The summed E-state index contributed by atoms with van der Waals surface area (Å²) in [5, 5.41) is 117. The number of carbonyl (C=O) groups is 1. The molecule has 3 aliphatic rings. The number of ether oxygens (including phenoxy) is 6. The summed E-state index contributed by atoms with van der Waals surface area (Å²) in [5.41, 5.74) is 0. The molecule has 17 unspecified atom stereocenters. The van der Waals surface area contributed by atoms with Crippen LogP contribution in [0, 0.1) is 0 Å². The van der Waals surface area contributed by atoms with E-state index in [0.29, 0.717) is 12.8 Å². The second-order valence-electron chi connectivity index (χ2n) is 13.3. The van der Waals surface area contributed by atoms with Crippen LogP contribution in [-0.2, 0) is 33.2 Å². The lowest BCUT2D eigenvalue weighted by molar-refractivity contribution is -0.379. The number of aliphatic hydroxyl groups is 11. The van der Waals surface area contributed by atoms with Crippen LogP contribution < -0.4 is 5.32 Å². The van der Waals surface area contributed by atoms with E-state index in [-0.39, 0.29) is 18.9 Å². The van der Waals surface area contributed by atoms with Crippen molar-refractivity contribution in [3.05, 3.63) is 0 Å². The van der Waals surface area contributed by atoms with Gasteiger partial charge in [-0.25, -0.2) is 0 Å². The highest BCUT2D eigenvalue weighted by molar-refractivity contribution is 5.76. The molecular weight excluding hydrogens is 686 g/mol. The van der Waals surface area contributed by atoms with E-state index < -0.39 is 124 Å². The summed E-state index contributed by atoms with van der Waals surface area (Å²) < 4.78 is 33.5. The van der Waals surface area contributed by atoms with Crippen molar-refractivity contribution in [2.75, 3.05) is 26.4 Å². The van der Waals surface area contributed by atoms with E-state index in [1.54, 1.807) is 0 Å². The van der Waals surface area contributed by atoms with Crippen LogP contribution >= 0.6 is 0 Å². The predicted molar refractivity (Wildman–Crippen MR) is 171 cm³/mol. The van der Waals surface area contributed by atoms with Crippen LogP contribution in [-0.4, -0.2) is 193 Å². The van der Waals surface area contributed by atoms with Gasteiger partial charge in [0.05, 0.1) is 38.6 Å². The minimum absolute atomic E-state index is 0.216. The van der Waals surface area contributed by atoms with Crippen LogP contribution in [0.3, 0.4) is 0 Å². The van der Waals surface area contributed by atoms with Crippen molar-refractivity contribution in [3.63, 3.8) is 0 Å². The number of hydrogen-bond acceptors (Lipinski definition) is 18. The van der Waals surface area contributed by atoms with Crippen molar-refractivity contribution in [1.29, 1.82) is 0 Å². The molecule has 0 radical (unpaired) electrons. The zero-order chi connectivity index (χ0) is 37.8. The topological polar surface area (TPSA) is 307 Å². The van der Waals surface area contributed by atoms with Gasteiger partial charge in [-0.05, 0) is 12.8 Å². The van der Waals surface area contributed by atoms with Gasteiger partial charge in [0.15, 0.2) is 18.9 Å². The molecule has 0 bridgehead atoms. The summed E-state index contributed by atoms with van der Waals surface area (Å²) in [6.45, 7) is 1.21. The molecule has 0 aromatic heterocycles. The molecule has 0 saturated carbocycles. The molecule has 17 atom stereocenters. The summed E-state index contributed by atoms with van der Waals surface area (Å²) in [7, 11) is 0. The van der Waals surface area contributed by atoms with Crippen LogP contribution in [0.2, 0.25) is 0 Å². The lowest BCUT2D eigenvalue weighted by atomic mass is 9.96. The Morgan fingerprint density at radius 1 is 0.627 bits per heavy atom. The molecular formula is C32H59NO18. The minimum Gasteiger partial charge on any atom is -0.394 e. The molecule has 0 aromatic carbocycles. The third kappa shape index (κ3) is 11.6. The quantitative estimate of drug-likeness (QED) is 0.0522. The zero-order valence-corrected chi connectivity index (χ0v) is 29.1. The van der Waals surface area contributed by atoms with Crippen molar-refractivity contribution in [3.8, 4) is 0 Å². The van der Waals surface area contributed by atoms with Crippen LogP contribution in [0.15, 0.2) is 0 Å². The average Bonchev–Trinajstić information content (AvgIpc) is 3.11. The standard InChI is InChI=1S/C32H59NO18/c1-3-5-6-7-8-10-16(37)15(33-20(38)9-4-2)14-46-30-26(44)23(41)28(18(12-35)48-30)51-32-27(45)24(42)29(19(13-36)49-32)50-31-25(43)22(40)21(39)17(11-34)47-31/h15-19,21-32,34-37,39-45H,3-14H2,1-2H3,(H,33,38). The van der Waals surface area contributed by atoms with E-state index in [1.807, 2.05) is 6.92 Å². The fourth-order valence-electron chi connectivity index (χ4n) is 6.29. The Balaban J connectivity index is 1.64. The van der Waals surface area contributed by atoms with Crippen molar-refractivity contribution < 1.29 is 89.4 Å². The summed E-state index contributed by atoms with van der Waals surface area (Å²) >= 11 is 0. The molecule has 3 heterocycles. The first-order valence-electron chi connectivity index (χ1n) is 17.8. The second kappa shape index (κ2) is 21.6. The van der Waals surface area contributed by atoms with Gasteiger partial charge in [0.1, 0.15) is 73.2 Å². The predicted octanol–water partition coefficient (Wildman–Crippen LogP) is -4.54. The molecule has 1 amide bonds. The van der Waals surface area contributed by atoms with Gasteiger partial charge in [0.25, 0.3) is 0 Å².